The van der Waals surface area contributed by atoms with Crippen LogP contribution in [-0.4, -0.2) is 34.9 Å². The number of H-pyrrole nitrogens is 1. The van der Waals surface area contributed by atoms with Crippen molar-refractivity contribution in [1.29, 1.82) is 0 Å². The van der Waals surface area contributed by atoms with Crippen LogP contribution in [0.5, 0.6) is 0 Å². The molecule has 0 aliphatic carbocycles. The number of piperidine rings is 1. The van der Waals surface area contributed by atoms with Crippen LogP contribution >= 0.6 is 11.6 Å². The smallest absolute Gasteiger partial charge is 0.258 e. The first-order chi connectivity index (χ1) is 13.9. The van der Waals surface area contributed by atoms with Crippen LogP contribution in [0.2, 0.25) is 5.02 Å². The van der Waals surface area contributed by atoms with Crippen molar-refractivity contribution in [3.8, 4) is 0 Å². The van der Waals surface area contributed by atoms with Crippen molar-refractivity contribution in [1.82, 2.24) is 9.97 Å². The van der Waals surface area contributed by atoms with Gasteiger partial charge in [-0.3, -0.25) is 19.4 Å². The molecule has 0 spiro atoms. The lowest BCUT2D eigenvalue weighted by Crippen LogP contribution is -2.39. The molecule has 1 saturated heterocycles. The molecule has 2 amide bonds. The van der Waals surface area contributed by atoms with Gasteiger partial charge in [0, 0.05) is 30.2 Å². The summed E-state index contributed by atoms with van der Waals surface area (Å²) in [4.78, 5) is 47.1. The highest BCUT2D eigenvalue weighted by Gasteiger charge is 2.35. The number of fused-ring (bicyclic) bond motifs is 1. The van der Waals surface area contributed by atoms with Crippen molar-refractivity contribution in [3.05, 3.63) is 45.2 Å². The molecule has 2 aliphatic rings. The van der Waals surface area contributed by atoms with E-state index in [1.807, 2.05) is 4.90 Å². The number of nitrogens with zero attached hydrogens (tertiary/aromatic N) is 2. The number of halogens is 1. The van der Waals surface area contributed by atoms with Gasteiger partial charge in [-0.2, -0.15) is 4.98 Å². The van der Waals surface area contributed by atoms with Gasteiger partial charge < -0.3 is 15.5 Å². The maximum Gasteiger partial charge on any atom is 0.258 e. The predicted octanol–water partition coefficient (Wildman–Crippen LogP) is 2.72. The fraction of sp³-hybridized carbons (Fsp3) is 0.400. The summed E-state index contributed by atoms with van der Waals surface area (Å²) in [6, 6.07) is 6.62. The SMILES string of the molecule is CC1CCN(c2nc3c(c(=O)[nH]2)C(C(=O)Nc2ccc(Cl)cc2)CC(=O)N3)CC1. The Morgan fingerprint density at radius 1 is 1.21 bits per heavy atom. The second kappa shape index (κ2) is 7.87. The van der Waals surface area contributed by atoms with E-state index in [2.05, 4.69) is 27.5 Å². The Labute approximate surface area is 172 Å². The number of aromatic amines is 1. The molecule has 0 radical (unpaired) electrons. The van der Waals surface area contributed by atoms with Gasteiger partial charge in [0.1, 0.15) is 5.82 Å². The van der Waals surface area contributed by atoms with Gasteiger partial charge in [-0.15, -0.1) is 0 Å². The third-order valence-corrected chi connectivity index (χ3v) is 5.70. The van der Waals surface area contributed by atoms with E-state index < -0.39 is 17.4 Å². The molecule has 9 heteroatoms. The Hall–Kier alpha value is -2.87. The number of benzene rings is 1. The van der Waals surface area contributed by atoms with Crippen LogP contribution in [0, 0.1) is 5.92 Å². The minimum absolute atomic E-state index is 0.113. The van der Waals surface area contributed by atoms with Crippen LogP contribution in [0.3, 0.4) is 0 Å². The molecule has 3 heterocycles. The average Bonchev–Trinajstić information content (AvgIpc) is 2.69. The highest BCUT2D eigenvalue weighted by molar-refractivity contribution is 6.30. The Kier molecular flexibility index (Phi) is 5.27. The number of hydrogen-bond acceptors (Lipinski definition) is 5. The number of anilines is 3. The summed E-state index contributed by atoms with van der Waals surface area (Å²) in [7, 11) is 0. The quantitative estimate of drug-likeness (QED) is 0.714. The van der Waals surface area contributed by atoms with Crippen LogP contribution in [0.1, 0.15) is 37.7 Å². The number of amides is 2. The number of aromatic nitrogens is 2. The van der Waals surface area contributed by atoms with E-state index in [9.17, 15) is 14.4 Å². The summed E-state index contributed by atoms with van der Waals surface area (Å²) in [5, 5.41) is 5.94. The molecule has 1 aromatic carbocycles. The molecule has 152 valence electrons. The van der Waals surface area contributed by atoms with Gasteiger partial charge in [0.2, 0.25) is 17.8 Å². The van der Waals surface area contributed by atoms with E-state index in [0.717, 1.165) is 25.9 Å². The lowest BCUT2D eigenvalue weighted by molar-refractivity contribution is -0.123. The lowest BCUT2D eigenvalue weighted by atomic mass is 9.92. The molecule has 29 heavy (non-hydrogen) atoms. The molecule has 3 N–H and O–H groups in total. The first-order valence-electron chi connectivity index (χ1n) is 9.66. The van der Waals surface area contributed by atoms with Gasteiger partial charge in [0.05, 0.1) is 11.5 Å². The Balaban J connectivity index is 1.62. The standard InChI is InChI=1S/C20H22ClN5O3/c1-11-6-8-26(9-7-11)20-24-17-16(19(29)25-20)14(10-15(27)23-17)18(28)22-13-4-2-12(21)3-5-13/h2-5,11,14H,6-10H2,1H3,(H,22,28)(H2,23,24,25,27,29). The first kappa shape index (κ1) is 19.4. The van der Waals surface area contributed by atoms with E-state index in [1.165, 1.54) is 0 Å². The zero-order valence-electron chi connectivity index (χ0n) is 16.0. The van der Waals surface area contributed by atoms with Gasteiger partial charge in [-0.25, -0.2) is 0 Å². The fourth-order valence-corrected chi connectivity index (χ4v) is 3.84. The summed E-state index contributed by atoms with van der Waals surface area (Å²) in [5.74, 6) is -0.465. The van der Waals surface area contributed by atoms with Gasteiger partial charge in [-0.05, 0) is 43.0 Å². The van der Waals surface area contributed by atoms with E-state index >= 15 is 0 Å². The van der Waals surface area contributed by atoms with Crippen LogP contribution in [0.25, 0.3) is 0 Å². The topological polar surface area (TPSA) is 107 Å². The number of nitrogens with one attached hydrogen (secondary N) is 3. The van der Waals surface area contributed by atoms with Crippen molar-refractivity contribution in [3.63, 3.8) is 0 Å². The Morgan fingerprint density at radius 2 is 1.90 bits per heavy atom. The monoisotopic (exact) mass is 415 g/mol. The lowest BCUT2D eigenvalue weighted by Gasteiger charge is -2.31. The molecule has 2 aromatic rings. The molecular weight excluding hydrogens is 394 g/mol. The molecular formula is C20H22ClN5O3. The van der Waals surface area contributed by atoms with Crippen molar-refractivity contribution < 1.29 is 9.59 Å². The molecule has 4 rings (SSSR count). The summed E-state index contributed by atoms with van der Waals surface area (Å²) < 4.78 is 0. The fourth-order valence-electron chi connectivity index (χ4n) is 3.72. The second-order valence-electron chi connectivity index (χ2n) is 7.62. The highest BCUT2D eigenvalue weighted by atomic mass is 35.5. The minimum Gasteiger partial charge on any atom is -0.342 e. The van der Waals surface area contributed by atoms with Gasteiger partial charge in [-0.1, -0.05) is 18.5 Å². The van der Waals surface area contributed by atoms with E-state index in [-0.39, 0.29) is 23.7 Å². The van der Waals surface area contributed by atoms with E-state index in [1.54, 1.807) is 24.3 Å². The molecule has 0 bridgehead atoms. The first-order valence-corrected chi connectivity index (χ1v) is 10.0. The maximum absolute atomic E-state index is 12.8. The van der Waals surface area contributed by atoms with Crippen molar-refractivity contribution in [2.45, 2.75) is 32.1 Å². The zero-order valence-corrected chi connectivity index (χ0v) is 16.8. The van der Waals surface area contributed by atoms with E-state index in [4.69, 9.17) is 11.6 Å². The number of carbonyl (C=O) groups is 2. The predicted molar refractivity (Wildman–Crippen MR) is 112 cm³/mol. The third-order valence-electron chi connectivity index (χ3n) is 5.45. The second-order valence-corrected chi connectivity index (χ2v) is 8.06. The molecule has 2 aliphatic heterocycles. The zero-order chi connectivity index (χ0) is 20.5. The average molecular weight is 416 g/mol. The molecule has 8 nitrogen and oxygen atoms in total. The Bertz CT molecular complexity index is 996. The summed E-state index contributed by atoms with van der Waals surface area (Å²) in [5.41, 5.74) is 0.320. The number of rotatable bonds is 3. The summed E-state index contributed by atoms with van der Waals surface area (Å²) in [6.07, 6.45) is 1.91. The van der Waals surface area contributed by atoms with E-state index in [0.29, 0.717) is 22.6 Å². The van der Waals surface area contributed by atoms with Gasteiger partial charge in [0.25, 0.3) is 5.56 Å². The van der Waals surface area contributed by atoms with Crippen molar-refractivity contribution >= 4 is 40.9 Å². The van der Waals surface area contributed by atoms with Crippen molar-refractivity contribution in [2.75, 3.05) is 28.6 Å². The van der Waals surface area contributed by atoms with Crippen LogP contribution in [-0.2, 0) is 9.59 Å². The molecule has 1 atom stereocenters. The number of carbonyl (C=O) groups excluding carboxylic acids is 2. The summed E-state index contributed by atoms with van der Waals surface area (Å²) in [6.45, 7) is 3.78. The van der Waals surface area contributed by atoms with Crippen molar-refractivity contribution in [2.24, 2.45) is 5.92 Å². The third kappa shape index (κ3) is 4.12. The molecule has 1 fully saturated rings. The van der Waals surface area contributed by atoms with Crippen LogP contribution < -0.4 is 21.1 Å². The molecule has 1 unspecified atom stereocenters. The van der Waals surface area contributed by atoms with Gasteiger partial charge in [0.15, 0.2) is 0 Å². The minimum atomic E-state index is -0.916. The molecule has 0 saturated carbocycles. The van der Waals surface area contributed by atoms with Crippen LogP contribution in [0.15, 0.2) is 29.1 Å². The normalized spacial score (nSPS) is 19.4. The largest absolute Gasteiger partial charge is 0.342 e. The number of hydrogen-bond donors (Lipinski definition) is 3. The van der Waals surface area contributed by atoms with Crippen LogP contribution in [0.4, 0.5) is 17.5 Å². The molecule has 1 aromatic heterocycles. The highest BCUT2D eigenvalue weighted by Crippen LogP contribution is 2.31. The Morgan fingerprint density at radius 3 is 2.59 bits per heavy atom. The van der Waals surface area contributed by atoms with Gasteiger partial charge >= 0.3 is 0 Å². The summed E-state index contributed by atoms with van der Waals surface area (Å²) >= 11 is 5.87. The maximum atomic E-state index is 12.8.